The van der Waals surface area contributed by atoms with Gasteiger partial charge in [-0.15, -0.1) is 11.3 Å². The van der Waals surface area contributed by atoms with Crippen LogP contribution in [0.1, 0.15) is 25.0 Å². The van der Waals surface area contributed by atoms with Crippen LogP contribution >= 0.6 is 11.3 Å². The van der Waals surface area contributed by atoms with Crippen molar-refractivity contribution in [3.8, 4) is 55.6 Å². The van der Waals surface area contributed by atoms with E-state index in [1.807, 2.05) is 11.3 Å². The van der Waals surface area contributed by atoms with E-state index < -0.39 is 0 Å². The van der Waals surface area contributed by atoms with Gasteiger partial charge >= 0.3 is 0 Å². The first-order valence-electron chi connectivity index (χ1n) is 21.8. The van der Waals surface area contributed by atoms with Crippen molar-refractivity contribution in [3.05, 3.63) is 236 Å². The molecule has 298 valence electrons. The number of hydrogen-bond acceptors (Lipinski definition) is 2. The first-order valence-corrected chi connectivity index (χ1v) is 22.6. The lowest BCUT2D eigenvalue weighted by Gasteiger charge is -2.29. The van der Waals surface area contributed by atoms with E-state index in [0.717, 1.165) is 17.1 Å². The van der Waals surface area contributed by atoms with E-state index in [1.165, 1.54) is 97.7 Å². The lowest BCUT2D eigenvalue weighted by Crippen LogP contribution is -2.16. The van der Waals surface area contributed by atoms with Gasteiger partial charge in [-0.25, -0.2) is 0 Å². The Kier molecular flexibility index (Phi) is 8.77. The van der Waals surface area contributed by atoms with Gasteiger partial charge in [-0.1, -0.05) is 190 Å². The average molecular weight is 822 g/mol. The van der Waals surface area contributed by atoms with Crippen LogP contribution in [-0.2, 0) is 5.41 Å². The Morgan fingerprint density at radius 1 is 0.365 bits per heavy atom. The van der Waals surface area contributed by atoms with E-state index in [-0.39, 0.29) is 5.41 Å². The maximum absolute atomic E-state index is 2.44. The van der Waals surface area contributed by atoms with E-state index in [1.54, 1.807) is 0 Å². The van der Waals surface area contributed by atoms with Crippen molar-refractivity contribution < 1.29 is 0 Å². The number of anilines is 3. The summed E-state index contributed by atoms with van der Waals surface area (Å²) in [4.78, 5) is 2.44. The Hall–Kier alpha value is -7.52. The summed E-state index contributed by atoms with van der Waals surface area (Å²) in [6, 6.07) is 82.8. The summed E-state index contributed by atoms with van der Waals surface area (Å²) in [5, 5.41) is 5.13. The summed E-state index contributed by atoms with van der Waals surface area (Å²) in [6.45, 7) is 4.74. The van der Waals surface area contributed by atoms with Crippen molar-refractivity contribution in [2.24, 2.45) is 0 Å². The fraction of sp³-hybridized carbons (Fsp3) is 0.0492. The normalized spacial score (nSPS) is 12.7. The van der Waals surface area contributed by atoms with Gasteiger partial charge in [0.2, 0.25) is 0 Å². The predicted octanol–water partition coefficient (Wildman–Crippen LogP) is 17.7. The zero-order valence-electron chi connectivity index (χ0n) is 35.2. The van der Waals surface area contributed by atoms with Gasteiger partial charge in [0.1, 0.15) is 0 Å². The molecule has 0 fully saturated rings. The Morgan fingerprint density at radius 3 is 1.67 bits per heavy atom. The molecule has 1 nitrogen and oxygen atoms in total. The van der Waals surface area contributed by atoms with Crippen molar-refractivity contribution >= 4 is 59.3 Å². The van der Waals surface area contributed by atoms with E-state index in [9.17, 15) is 0 Å². The fourth-order valence-corrected chi connectivity index (χ4v) is 11.4. The van der Waals surface area contributed by atoms with Crippen molar-refractivity contribution in [3.63, 3.8) is 0 Å². The van der Waals surface area contributed by atoms with Crippen LogP contribution in [0.2, 0.25) is 0 Å². The van der Waals surface area contributed by atoms with Crippen LogP contribution in [0.4, 0.5) is 17.1 Å². The molecule has 63 heavy (non-hydrogen) atoms. The molecular formula is C61H43NS. The van der Waals surface area contributed by atoms with Gasteiger partial charge in [0.15, 0.2) is 0 Å². The van der Waals surface area contributed by atoms with Gasteiger partial charge in [-0.3, -0.25) is 0 Å². The largest absolute Gasteiger partial charge is 0.310 e. The molecule has 1 aromatic heterocycles. The van der Waals surface area contributed by atoms with Crippen molar-refractivity contribution in [1.82, 2.24) is 0 Å². The highest BCUT2D eigenvalue weighted by atomic mass is 32.1. The molecule has 0 spiro atoms. The number of benzene rings is 10. The third-order valence-electron chi connectivity index (χ3n) is 13.3. The second-order valence-corrected chi connectivity index (χ2v) is 18.3. The highest BCUT2D eigenvalue weighted by molar-refractivity contribution is 7.25. The second kappa shape index (κ2) is 14.8. The molecule has 0 saturated heterocycles. The van der Waals surface area contributed by atoms with E-state index in [4.69, 9.17) is 0 Å². The average Bonchev–Trinajstić information content (AvgIpc) is 3.84. The van der Waals surface area contributed by atoms with E-state index in [0.29, 0.717) is 0 Å². The molecule has 0 unspecified atom stereocenters. The first kappa shape index (κ1) is 37.3. The minimum absolute atomic E-state index is 0.0997. The lowest BCUT2D eigenvalue weighted by atomic mass is 9.79. The van der Waals surface area contributed by atoms with Gasteiger partial charge < -0.3 is 4.90 Å². The van der Waals surface area contributed by atoms with Gasteiger partial charge in [0, 0.05) is 42.5 Å². The van der Waals surface area contributed by atoms with Crippen LogP contribution in [0.25, 0.3) is 86.6 Å². The second-order valence-electron chi connectivity index (χ2n) is 17.3. The van der Waals surface area contributed by atoms with Gasteiger partial charge in [-0.2, -0.15) is 0 Å². The van der Waals surface area contributed by atoms with Crippen molar-refractivity contribution in [2.75, 3.05) is 4.90 Å². The van der Waals surface area contributed by atoms with Gasteiger partial charge in [-0.05, 0) is 121 Å². The molecular weight excluding hydrogens is 779 g/mol. The summed E-state index contributed by atoms with van der Waals surface area (Å²) in [6.07, 6.45) is 0. The number of fused-ring (bicyclic) bond motifs is 7. The Bertz CT molecular complexity index is 3520. The third kappa shape index (κ3) is 6.21. The minimum atomic E-state index is -0.0997. The standard InChI is InChI=1S/C61H43NS/c1-61(2)55-21-8-5-15-50(55)53-20-11-18-49(60(53)61)44-33-37-48(38-34-44)62(56-22-9-6-16-51(56)52-19-12-24-58-59(52)54-17-7-10-23-57(54)63-58)47-35-31-42(32-36-47)41-25-27-43(28-26-41)46-30-29-40-13-3-4-14-45(40)39-46/h3-39H,1-2H3. The number of hydrogen-bond donors (Lipinski definition) is 0. The van der Waals surface area contributed by atoms with Gasteiger partial charge in [0.05, 0.1) is 5.69 Å². The highest BCUT2D eigenvalue weighted by Gasteiger charge is 2.37. The van der Waals surface area contributed by atoms with Crippen LogP contribution in [0.15, 0.2) is 224 Å². The molecule has 10 aromatic carbocycles. The smallest absolute Gasteiger partial charge is 0.0540 e. The summed E-state index contributed by atoms with van der Waals surface area (Å²) in [5.41, 5.74) is 18.5. The Balaban J connectivity index is 0.961. The monoisotopic (exact) mass is 821 g/mol. The maximum atomic E-state index is 2.44. The molecule has 1 heterocycles. The third-order valence-corrected chi connectivity index (χ3v) is 14.4. The summed E-state index contributed by atoms with van der Waals surface area (Å²) in [7, 11) is 0. The molecule has 0 saturated carbocycles. The van der Waals surface area contributed by atoms with E-state index >= 15 is 0 Å². The van der Waals surface area contributed by atoms with Crippen LogP contribution in [0.3, 0.4) is 0 Å². The van der Waals surface area contributed by atoms with Crippen LogP contribution < -0.4 is 4.90 Å². The predicted molar refractivity (Wildman–Crippen MR) is 271 cm³/mol. The summed E-state index contributed by atoms with van der Waals surface area (Å²) >= 11 is 1.87. The van der Waals surface area contributed by atoms with Gasteiger partial charge in [0.25, 0.3) is 0 Å². The molecule has 1 aliphatic carbocycles. The van der Waals surface area contributed by atoms with Crippen molar-refractivity contribution in [2.45, 2.75) is 19.3 Å². The molecule has 0 amide bonds. The number of thiophene rings is 1. The number of para-hydroxylation sites is 1. The zero-order valence-corrected chi connectivity index (χ0v) is 36.0. The zero-order chi connectivity index (χ0) is 42.1. The molecule has 0 radical (unpaired) electrons. The number of nitrogens with zero attached hydrogens (tertiary/aromatic N) is 1. The molecule has 0 bridgehead atoms. The molecule has 11 aromatic rings. The van der Waals surface area contributed by atoms with Crippen LogP contribution in [0, 0.1) is 0 Å². The molecule has 12 rings (SSSR count). The van der Waals surface area contributed by atoms with Crippen molar-refractivity contribution in [1.29, 1.82) is 0 Å². The summed E-state index contributed by atoms with van der Waals surface area (Å²) in [5.74, 6) is 0. The quantitative estimate of drug-likeness (QED) is 0.155. The molecule has 0 atom stereocenters. The van der Waals surface area contributed by atoms with Crippen LogP contribution in [0.5, 0.6) is 0 Å². The topological polar surface area (TPSA) is 3.24 Å². The molecule has 0 N–H and O–H groups in total. The summed E-state index contributed by atoms with van der Waals surface area (Å²) < 4.78 is 2.61. The minimum Gasteiger partial charge on any atom is -0.310 e. The SMILES string of the molecule is CC1(C)c2ccccc2-c2cccc(-c3ccc(N(c4ccc(-c5ccc(-c6ccc7ccccc7c6)cc5)cc4)c4ccccc4-c4cccc5sc6ccccc6c45)cc3)c21. The first-order chi connectivity index (χ1) is 31.0. The Labute approximate surface area is 372 Å². The molecule has 2 heteroatoms. The maximum Gasteiger partial charge on any atom is 0.0540 e. The molecule has 1 aliphatic rings. The lowest BCUT2D eigenvalue weighted by molar-refractivity contribution is 0.662. The van der Waals surface area contributed by atoms with E-state index in [2.05, 4.69) is 243 Å². The molecule has 0 aliphatic heterocycles. The Morgan fingerprint density at radius 2 is 0.889 bits per heavy atom. The fourth-order valence-electron chi connectivity index (χ4n) is 10.2. The number of rotatable bonds is 7. The van der Waals surface area contributed by atoms with Crippen LogP contribution in [-0.4, -0.2) is 0 Å². The highest BCUT2D eigenvalue weighted by Crippen LogP contribution is 2.52.